The molecule has 4 fully saturated rings. The van der Waals surface area contributed by atoms with Crippen LogP contribution in [0.4, 0.5) is 0 Å². The minimum atomic E-state index is -1.39. The molecule has 2 heterocycles. The Morgan fingerprint density at radius 1 is 1.02 bits per heavy atom. The molecule has 2 saturated heterocycles. The van der Waals surface area contributed by atoms with Crippen molar-refractivity contribution in [2.45, 2.75) is 128 Å². The SMILES string of the molecule is C=CC1(C)C=C2CCC3C(C)(C)C(O[C@@H]4O[C@@H](CO)[C@H](O)[C@H]4O)CCC3(C)C2CC1O[C@@H]1OC[C@@H](OC(C)=O)[C@H](O)[C@H]1O. The van der Waals surface area contributed by atoms with E-state index >= 15 is 0 Å². The summed E-state index contributed by atoms with van der Waals surface area (Å²) >= 11 is 0. The molecular weight excluding hydrogens is 560 g/mol. The van der Waals surface area contributed by atoms with Crippen molar-refractivity contribution in [2.24, 2.45) is 28.1 Å². The Labute approximate surface area is 253 Å². The molecule has 0 amide bonds. The Kier molecular flexibility index (Phi) is 9.26. The minimum absolute atomic E-state index is 0.0879. The summed E-state index contributed by atoms with van der Waals surface area (Å²) in [6.07, 6.45) is -1.41. The molecule has 14 atom stereocenters. The molecule has 0 aromatic rings. The number of carbonyl (C=O) groups is 1. The van der Waals surface area contributed by atoms with Crippen LogP contribution in [0.3, 0.4) is 0 Å². The van der Waals surface area contributed by atoms with Crippen LogP contribution in [-0.4, -0.2) is 106 Å². The van der Waals surface area contributed by atoms with Crippen molar-refractivity contribution < 1.29 is 54.0 Å². The van der Waals surface area contributed by atoms with E-state index in [4.69, 9.17) is 23.7 Å². The zero-order chi connectivity index (χ0) is 31.5. The van der Waals surface area contributed by atoms with E-state index in [0.29, 0.717) is 6.42 Å². The van der Waals surface area contributed by atoms with Gasteiger partial charge >= 0.3 is 5.97 Å². The monoisotopic (exact) mass is 610 g/mol. The Morgan fingerprint density at radius 2 is 1.70 bits per heavy atom. The molecule has 0 spiro atoms. The van der Waals surface area contributed by atoms with Gasteiger partial charge in [0.2, 0.25) is 0 Å². The molecule has 5 aliphatic rings. The average Bonchev–Trinajstić information content (AvgIpc) is 3.22. The van der Waals surface area contributed by atoms with Gasteiger partial charge in [-0.25, -0.2) is 0 Å². The normalized spacial score (nSPS) is 49.4. The van der Waals surface area contributed by atoms with Gasteiger partial charge in [-0.2, -0.15) is 0 Å². The van der Waals surface area contributed by atoms with Crippen LogP contribution in [0.1, 0.15) is 66.7 Å². The lowest BCUT2D eigenvalue weighted by atomic mass is 9.44. The minimum Gasteiger partial charge on any atom is -0.457 e. The molecule has 0 radical (unpaired) electrons. The Morgan fingerprint density at radius 3 is 2.33 bits per heavy atom. The standard InChI is InChI=1S/C32H50O11/c1-7-31(5)13-17-8-9-21-30(3,4)22(42-29-27(38)24(35)19(14-33)41-29)10-11-32(21,6)18(17)12-23(31)43-28-26(37)25(36)20(15-39-28)40-16(2)34/h7,13,18-29,33,35-38H,1,8-12,14-15H2,2-6H3/t18?,19-,20+,21?,22?,23?,24-,25-,26+,27+,28-,29-,31?,32?/m0/s1. The molecule has 244 valence electrons. The fourth-order valence-electron chi connectivity index (χ4n) is 8.79. The molecule has 2 aliphatic heterocycles. The lowest BCUT2D eigenvalue weighted by Gasteiger charge is -2.62. The number of hydrogen-bond donors (Lipinski definition) is 5. The van der Waals surface area contributed by atoms with Gasteiger partial charge in [0.05, 0.1) is 25.4 Å². The first-order valence-electron chi connectivity index (χ1n) is 15.6. The van der Waals surface area contributed by atoms with Crippen molar-refractivity contribution >= 4 is 5.97 Å². The summed E-state index contributed by atoms with van der Waals surface area (Å²) < 4.78 is 29.3. The van der Waals surface area contributed by atoms with E-state index in [1.165, 1.54) is 12.5 Å². The number of aliphatic hydroxyl groups excluding tert-OH is 5. The van der Waals surface area contributed by atoms with E-state index < -0.39 is 67.2 Å². The summed E-state index contributed by atoms with van der Waals surface area (Å²) in [4.78, 5) is 11.4. The zero-order valence-corrected chi connectivity index (χ0v) is 25.9. The molecule has 0 aromatic carbocycles. The second-order valence-corrected chi connectivity index (χ2v) is 14.3. The van der Waals surface area contributed by atoms with Crippen molar-refractivity contribution in [3.63, 3.8) is 0 Å². The first kappa shape index (κ1) is 33.0. The summed E-state index contributed by atoms with van der Waals surface area (Å²) in [5.41, 5.74) is 0.481. The summed E-state index contributed by atoms with van der Waals surface area (Å²) in [5, 5.41) is 51.7. The third-order valence-electron chi connectivity index (χ3n) is 11.4. The van der Waals surface area contributed by atoms with Crippen molar-refractivity contribution in [3.05, 3.63) is 24.3 Å². The molecule has 5 rings (SSSR count). The second-order valence-electron chi connectivity index (χ2n) is 14.3. The van der Waals surface area contributed by atoms with E-state index in [1.807, 2.05) is 6.08 Å². The highest BCUT2D eigenvalue weighted by Gasteiger charge is 2.60. The predicted octanol–water partition coefficient (Wildman–Crippen LogP) is 1.58. The van der Waals surface area contributed by atoms with Gasteiger partial charge in [0.1, 0.15) is 30.5 Å². The highest BCUT2D eigenvalue weighted by molar-refractivity contribution is 5.66. The Hall–Kier alpha value is -1.41. The van der Waals surface area contributed by atoms with Crippen LogP contribution in [-0.2, 0) is 28.5 Å². The zero-order valence-electron chi connectivity index (χ0n) is 25.9. The van der Waals surface area contributed by atoms with E-state index in [0.717, 1.165) is 25.7 Å². The maximum atomic E-state index is 11.4. The number of fused-ring (bicyclic) bond motifs is 3. The lowest BCUT2D eigenvalue weighted by molar-refractivity contribution is -0.294. The third-order valence-corrected chi connectivity index (χ3v) is 11.4. The summed E-state index contributed by atoms with van der Waals surface area (Å²) in [6, 6.07) is 0. The van der Waals surface area contributed by atoms with Gasteiger partial charge in [0.15, 0.2) is 18.7 Å². The average molecular weight is 611 g/mol. The highest BCUT2D eigenvalue weighted by atomic mass is 16.7. The van der Waals surface area contributed by atoms with Crippen molar-refractivity contribution in [1.29, 1.82) is 0 Å². The van der Waals surface area contributed by atoms with E-state index in [-0.39, 0.29) is 41.5 Å². The van der Waals surface area contributed by atoms with Crippen molar-refractivity contribution in [1.82, 2.24) is 0 Å². The van der Waals surface area contributed by atoms with Gasteiger partial charge in [0.25, 0.3) is 0 Å². The number of carbonyl (C=O) groups excluding carboxylic acids is 1. The fourth-order valence-corrected chi connectivity index (χ4v) is 8.79. The number of ether oxygens (including phenoxy) is 5. The van der Waals surface area contributed by atoms with Gasteiger partial charge in [-0.05, 0) is 54.8 Å². The first-order chi connectivity index (χ1) is 20.2. The molecule has 0 aromatic heterocycles. The third kappa shape index (κ3) is 5.74. The van der Waals surface area contributed by atoms with Gasteiger partial charge in [-0.3, -0.25) is 4.79 Å². The number of esters is 1. The Balaban J connectivity index is 1.33. The van der Waals surface area contributed by atoms with Crippen LogP contribution in [0.15, 0.2) is 24.3 Å². The number of hydrogen-bond acceptors (Lipinski definition) is 11. The summed E-state index contributed by atoms with van der Waals surface area (Å²) in [6.45, 7) is 13.7. The maximum absolute atomic E-state index is 11.4. The van der Waals surface area contributed by atoms with Gasteiger partial charge in [-0.15, -0.1) is 6.58 Å². The van der Waals surface area contributed by atoms with E-state index in [9.17, 15) is 30.3 Å². The summed E-state index contributed by atoms with van der Waals surface area (Å²) in [5.74, 6) is -0.0992. The van der Waals surface area contributed by atoms with Crippen molar-refractivity contribution in [3.8, 4) is 0 Å². The fraction of sp³-hybridized carbons (Fsp3) is 0.844. The summed E-state index contributed by atoms with van der Waals surface area (Å²) in [7, 11) is 0. The van der Waals surface area contributed by atoms with Crippen LogP contribution in [0.2, 0.25) is 0 Å². The van der Waals surface area contributed by atoms with Crippen LogP contribution >= 0.6 is 0 Å². The van der Waals surface area contributed by atoms with Crippen molar-refractivity contribution in [2.75, 3.05) is 13.2 Å². The van der Waals surface area contributed by atoms with Gasteiger partial charge < -0.3 is 49.2 Å². The molecule has 5 N–H and O–H groups in total. The molecule has 11 heteroatoms. The topological polar surface area (TPSA) is 164 Å². The van der Waals surface area contributed by atoms with Crippen LogP contribution in [0.5, 0.6) is 0 Å². The largest absolute Gasteiger partial charge is 0.457 e. The molecule has 43 heavy (non-hydrogen) atoms. The predicted molar refractivity (Wildman–Crippen MR) is 153 cm³/mol. The quantitative estimate of drug-likeness (QED) is 0.210. The maximum Gasteiger partial charge on any atom is 0.303 e. The van der Waals surface area contributed by atoms with Crippen LogP contribution in [0, 0.1) is 28.1 Å². The van der Waals surface area contributed by atoms with Gasteiger partial charge in [-0.1, -0.05) is 45.4 Å². The molecule has 2 saturated carbocycles. The smallest absolute Gasteiger partial charge is 0.303 e. The Bertz CT molecular complexity index is 1080. The second kappa shape index (κ2) is 12.1. The number of aliphatic hydroxyl groups is 5. The lowest BCUT2D eigenvalue weighted by Crippen LogP contribution is -2.59. The number of allylic oxidation sites excluding steroid dienone is 1. The molecule has 0 bridgehead atoms. The molecule has 3 aliphatic carbocycles. The van der Waals surface area contributed by atoms with E-state index in [1.54, 1.807) is 0 Å². The van der Waals surface area contributed by atoms with E-state index in [2.05, 4.69) is 40.3 Å². The van der Waals surface area contributed by atoms with Crippen LogP contribution in [0.25, 0.3) is 0 Å². The number of rotatable bonds is 7. The molecule has 11 nitrogen and oxygen atoms in total. The molecule has 6 unspecified atom stereocenters. The van der Waals surface area contributed by atoms with Crippen LogP contribution < -0.4 is 0 Å². The first-order valence-corrected chi connectivity index (χ1v) is 15.6. The highest BCUT2D eigenvalue weighted by Crippen LogP contribution is 2.64. The molecular formula is C32H50O11. The van der Waals surface area contributed by atoms with Gasteiger partial charge in [0, 0.05) is 12.3 Å².